The van der Waals surface area contributed by atoms with Gasteiger partial charge in [0, 0.05) is 12.8 Å². The van der Waals surface area contributed by atoms with Crippen LogP contribution in [0.25, 0.3) is 0 Å². The lowest BCUT2D eigenvalue weighted by atomic mass is 10.1. The van der Waals surface area contributed by atoms with Gasteiger partial charge in [-0.2, -0.15) is 0 Å². The number of esters is 1. The van der Waals surface area contributed by atoms with E-state index in [0.717, 1.165) is 25.2 Å². The number of nitrogens with one attached hydrogen (secondary N) is 1. The highest BCUT2D eigenvalue weighted by atomic mass is 35.5. The summed E-state index contributed by atoms with van der Waals surface area (Å²) in [5.74, 6) is 0.349. The fraction of sp³-hybridized carbons (Fsp3) is 0.350. The number of hydrogen-bond donors (Lipinski definition) is 1. The molecule has 1 unspecified atom stereocenters. The molecule has 4 nitrogen and oxygen atoms in total. The molecule has 0 radical (unpaired) electrons. The second kappa shape index (κ2) is 10.1. The highest BCUT2D eigenvalue weighted by molar-refractivity contribution is 5.71. The van der Waals surface area contributed by atoms with E-state index in [0.29, 0.717) is 5.75 Å². The summed E-state index contributed by atoms with van der Waals surface area (Å²) >= 11 is 0. The normalized spacial score (nSPS) is 15.2. The summed E-state index contributed by atoms with van der Waals surface area (Å²) in [5, 5.41) is 0. The lowest BCUT2D eigenvalue weighted by molar-refractivity contribution is -0.891. The molecule has 2 aromatic rings. The summed E-state index contributed by atoms with van der Waals surface area (Å²) < 4.78 is 11.2. The Morgan fingerprint density at radius 2 is 1.56 bits per heavy atom. The molecule has 3 rings (SSSR count). The molecule has 1 aliphatic heterocycles. The molecule has 2 aromatic carbocycles. The van der Waals surface area contributed by atoms with Crippen LogP contribution in [0.4, 0.5) is 0 Å². The quantitative estimate of drug-likeness (QED) is 0.645. The van der Waals surface area contributed by atoms with Crippen LogP contribution in [0.2, 0.25) is 0 Å². The van der Waals surface area contributed by atoms with Crippen LogP contribution in [-0.4, -0.2) is 32.2 Å². The fourth-order valence-corrected chi connectivity index (χ4v) is 3.09. The van der Waals surface area contributed by atoms with Gasteiger partial charge in [-0.3, -0.25) is 0 Å². The molecule has 0 saturated carbocycles. The predicted molar refractivity (Wildman–Crippen MR) is 92.0 cm³/mol. The van der Waals surface area contributed by atoms with Crippen molar-refractivity contribution in [1.82, 2.24) is 0 Å². The largest absolute Gasteiger partial charge is 1.00 e. The van der Waals surface area contributed by atoms with Gasteiger partial charge in [-0.05, 0) is 17.7 Å². The Hall–Kier alpha value is -2.04. The lowest BCUT2D eigenvalue weighted by Crippen LogP contribution is -3.10. The minimum atomic E-state index is -0.327. The molecule has 0 spiro atoms. The van der Waals surface area contributed by atoms with Gasteiger partial charge in [-0.15, -0.1) is 0 Å². The van der Waals surface area contributed by atoms with Crippen molar-refractivity contribution >= 4 is 5.97 Å². The van der Waals surface area contributed by atoms with Crippen molar-refractivity contribution in [1.29, 1.82) is 0 Å². The minimum absolute atomic E-state index is 0. The first-order valence-corrected chi connectivity index (χ1v) is 8.57. The van der Waals surface area contributed by atoms with Crippen molar-refractivity contribution in [2.75, 3.05) is 26.2 Å². The summed E-state index contributed by atoms with van der Waals surface area (Å²) in [5.41, 5.74) is 1.05. The van der Waals surface area contributed by atoms with Crippen molar-refractivity contribution in [3.8, 4) is 5.75 Å². The maximum absolute atomic E-state index is 12.2. The van der Waals surface area contributed by atoms with Gasteiger partial charge in [0.1, 0.15) is 12.3 Å². The zero-order valence-electron chi connectivity index (χ0n) is 14.2. The van der Waals surface area contributed by atoms with Crippen LogP contribution >= 0.6 is 0 Å². The highest BCUT2D eigenvalue weighted by Crippen LogP contribution is 2.16. The number of para-hydroxylation sites is 1. The molecule has 1 N–H and O–H groups in total. The van der Waals surface area contributed by atoms with E-state index in [9.17, 15) is 4.79 Å². The molecule has 0 aromatic heterocycles. The van der Waals surface area contributed by atoms with Gasteiger partial charge < -0.3 is 26.8 Å². The number of benzene rings is 2. The van der Waals surface area contributed by atoms with Crippen LogP contribution in [0.3, 0.4) is 0 Å². The number of carbonyl (C=O) groups is 1. The van der Waals surface area contributed by atoms with E-state index in [2.05, 4.69) is 0 Å². The molecule has 134 valence electrons. The molecule has 0 aliphatic carbocycles. The summed E-state index contributed by atoms with van der Waals surface area (Å²) in [6, 6.07) is 19.3. The first-order chi connectivity index (χ1) is 11.8. The summed E-state index contributed by atoms with van der Waals surface area (Å²) in [4.78, 5) is 13.7. The summed E-state index contributed by atoms with van der Waals surface area (Å²) in [6.07, 6.45) is 2.29. The van der Waals surface area contributed by atoms with E-state index in [1.165, 1.54) is 17.7 Å². The Bertz CT molecular complexity index is 630. The van der Waals surface area contributed by atoms with Crippen LogP contribution in [0.1, 0.15) is 24.5 Å². The van der Waals surface area contributed by atoms with Crippen molar-refractivity contribution in [3.63, 3.8) is 0 Å². The fourth-order valence-electron chi connectivity index (χ4n) is 3.09. The van der Waals surface area contributed by atoms with Gasteiger partial charge in [0.05, 0.1) is 13.1 Å². The monoisotopic (exact) mass is 361 g/mol. The molecule has 0 amide bonds. The average Bonchev–Trinajstić information content (AvgIpc) is 3.14. The lowest BCUT2D eigenvalue weighted by Gasteiger charge is -2.22. The standard InChI is InChI=1S/C20H23NO3.ClH/c22-20(16-23-18-11-5-2-6-12-18)24-19(15-21-13-7-8-14-21)17-9-3-1-4-10-17;/h1-6,9-12,19H,7-8,13-16H2;1H. The first-order valence-electron chi connectivity index (χ1n) is 8.57. The number of halogens is 1. The maximum Gasteiger partial charge on any atom is 0.344 e. The SMILES string of the molecule is O=C(COc1ccccc1)OC(C[NH+]1CCCC1)c1ccccc1.[Cl-]. The van der Waals surface area contributed by atoms with Gasteiger partial charge in [0.2, 0.25) is 0 Å². The van der Waals surface area contributed by atoms with Crippen LogP contribution in [0.5, 0.6) is 5.75 Å². The van der Waals surface area contributed by atoms with Gasteiger partial charge >= 0.3 is 5.97 Å². The van der Waals surface area contributed by atoms with Crippen molar-refractivity contribution in [3.05, 3.63) is 66.2 Å². The molecule has 1 fully saturated rings. The van der Waals surface area contributed by atoms with Crippen LogP contribution in [0.15, 0.2) is 60.7 Å². The predicted octanol–water partition coefficient (Wildman–Crippen LogP) is -0.967. The van der Waals surface area contributed by atoms with Crippen molar-refractivity contribution in [2.24, 2.45) is 0 Å². The minimum Gasteiger partial charge on any atom is -1.00 e. The van der Waals surface area contributed by atoms with Gasteiger partial charge in [0.15, 0.2) is 12.7 Å². The van der Waals surface area contributed by atoms with Gasteiger partial charge in [-0.1, -0.05) is 48.5 Å². The molecule has 1 atom stereocenters. The number of ether oxygens (including phenoxy) is 2. The third-order valence-electron chi connectivity index (χ3n) is 4.33. The second-order valence-corrected chi connectivity index (χ2v) is 6.15. The number of carbonyl (C=O) groups excluding carboxylic acids is 1. The van der Waals surface area contributed by atoms with Crippen LogP contribution in [-0.2, 0) is 9.53 Å². The van der Waals surface area contributed by atoms with E-state index < -0.39 is 0 Å². The molecule has 1 saturated heterocycles. The Labute approximate surface area is 155 Å². The maximum atomic E-state index is 12.2. The van der Waals surface area contributed by atoms with Crippen molar-refractivity contribution in [2.45, 2.75) is 18.9 Å². The van der Waals surface area contributed by atoms with Crippen LogP contribution in [0, 0.1) is 0 Å². The van der Waals surface area contributed by atoms with Crippen LogP contribution < -0.4 is 22.0 Å². The van der Waals surface area contributed by atoms with E-state index >= 15 is 0 Å². The van der Waals surface area contributed by atoms with E-state index in [1.807, 2.05) is 60.7 Å². The summed E-state index contributed by atoms with van der Waals surface area (Å²) in [6.45, 7) is 3.06. The topological polar surface area (TPSA) is 40.0 Å². The third kappa shape index (κ3) is 6.07. The van der Waals surface area contributed by atoms with Gasteiger partial charge in [-0.25, -0.2) is 4.79 Å². The zero-order valence-corrected chi connectivity index (χ0v) is 15.0. The Kier molecular flexibility index (Phi) is 7.76. The Morgan fingerprint density at radius 1 is 0.960 bits per heavy atom. The molecule has 1 heterocycles. The number of likely N-dealkylation sites (tertiary alicyclic amines) is 1. The second-order valence-electron chi connectivity index (χ2n) is 6.15. The third-order valence-corrected chi connectivity index (χ3v) is 4.33. The van der Waals surface area contributed by atoms with Gasteiger partial charge in [0.25, 0.3) is 0 Å². The zero-order chi connectivity index (χ0) is 16.6. The number of rotatable bonds is 7. The molecule has 0 bridgehead atoms. The summed E-state index contributed by atoms with van der Waals surface area (Å²) in [7, 11) is 0. The number of quaternary nitrogens is 1. The average molecular weight is 362 g/mol. The Morgan fingerprint density at radius 3 is 2.20 bits per heavy atom. The molecule has 25 heavy (non-hydrogen) atoms. The molecule has 5 heteroatoms. The number of hydrogen-bond acceptors (Lipinski definition) is 3. The molecular weight excluding hydrogens is 338 g/mol. The highest BCUT2D eigenvalue weighted by Gasteiger charge is 2.25. The van der Waals surface area contributed by atoms with Crippen molar-refractivity contribution < 1.29 is 31.6 Å². The van der Waals surface area contributed by atoms with E-state index in [1.54, 1.807) is 0 Å². The first kappa shape index (κ1) is 19.3. The molecular formula is C20H24ClNO3. The molecule has 1 aliphatic rings. The van der Waals surface area contributed by atoms with E-state index in [-0.39, 0.29) is 31.1 Å². The van der Waals surface area contributed by atoms with E-state index in [4.69, 9.17) is 9.47 Å². The Balaban J connectivity index is 0.00000225. The smallest absolute Gasteiger partial charge is 0.344 e.